The predicted molar refractivity (Wildman–Crippen MR) is 62.0 cm³/mol. The van der Waals surface area contributed by atoms with Crippen molar-refractivity contribution in [3.05, 3.63) is 34.5 Å². The molecular weight excluding hydrogens is 223 g/mol. The fourth-order valence-electron chi connectivity index (χ4n) is 1.18. The van der Waals surface area contributed by atoms with Crippen LogP contribution in [0.15, 0.2) is 28.0 Å². The second-order valence-electron chi connectivity index (χ2n) is 2.72. The number of halogens is 1. The van der Waals surface area contributed by atoms with Gasteiger partial charge in [-0.05, 0) is 18.2 Å². The minimum atomic E-state index is -0.228. The van der Waals surface area contributed by atoms with Gasteiger partial charge in [0.15, 0.2) is 0 Å². The molecule has 0 nitrogen and oxygen atoms in total. The van der Waals surface area contributed by atoms with E-state index in [-0.39, 0.29) is 5.82 Å². The molecule has 2 rings (SSSR count). The van der Waals surface area contributed by atoms with E-state index in [0.717, 1.165) is 26.0 Å². The van der Waals surface area contributed by atoms with E-state index < -0.39 is 0 Å². The molecule has 0 radical (unpaired) electrons. The summed E-state index contributed by atoms with van der Waals surface area (Å²) in [7, 11) is 0. The Kier molecular flexibility index (Phi) is 2.62. The van der Waals surface area contributed by atoms with Gasteiger partial charge < -0.3 is 0 Å². The van der Waals surface area contributed by atoms with Gasteiger partial charge in [-0.25, -0.2) is 4.39 Å². The highest BCUT2D eigenvalue weighted by Crippen LogP contribution is 2.40. The van der Waals surface area contributed by atoms with Crippen LogP contribution in [0.4, 0.5) is 4.39 Å². The van der Waals surface area contributed by atoms with E-state index in [0.29, 0.717) is 0 Å². The third kappa shape index (κ3) is 1.75. The van der Waals surface area contributed by atoms with Crippen molar-refractivity contribution in [2.75, 3.05) is 5.75 Å². The number of hydrogen-bond donors (Lipinski definition) is 2. The Balaban J connectivity index is 2.60. The Morgan fingerprint density at radius 2 is 2.08 bits per heavy atom. The molecule has 4 heteroatoms. The molecule has 1 aromatic rings. The second kappa shape index (κ2) is 3.59. The highest BCUT2D eigenvalue weighted by Gasteiger charge is 2.15. The first-order valence-electron chi connectivity index (χ1n) is 3.72. The lowest BCUT2D eigenvalue weighted by atomic mass is 10.2. The summed E-state index contributed by atoms with van der Waals surface area (Å²) < 4.78 is 12.9. The van der Waals surface area contributed by atoms with Gasteiger partial charge in [0.05, 0.1) is 0 Å². The van der Waals surface area contributed by atoms with Gasteiger partial charge in [0.2, 0.25) is 0 Å². The zero-order valence-corrected chi connectivity index (χ0v) is 9.23. The monoisotopic (exact) mass is 230 g/mol. The standard InChI is InChI=1S/C9H7FS3/c10-5-1-2-8-6(3-5)9(12)7(11)4-13-8/h1-3,11-12H,4H2. The number of fused-ring (bicyclic) bond motifs is 1. The van der Waals surface area contributed by atoms with Crippen molar-refractivity contribution < 1.29 is 4.39 Å². The maximum atomic E-state index is 12.9. The van der Waals surface area contributed by atoms with E-state index in [1.165, 1.54) is 12.1 Å². The summed E-state index contributed by atoms with van der Waals surface area (Å²) in [5, 5.41) is 0. The Hall–Kier alpha value is -0.0600. The van der Waals surface area contributed by atoms with Gasteiger partial charge in [-0.1, -0.05) is 0 Å². The molecule has 0 N–H and O–H groups in total. The lowest BCUT2D eigenvalue weighted by Gasteiger charge is -2.16. The summed E-state index contributed by atoms with van der Waals surface area (Å²) >= 11 is 10.2. The maximum Gasteiger partial charge on any atom is 0.123 e. The fraction of sp³-hybridized carbons (Fsp3) is 0.111. The number of thioether (sulfide) groups is 1. The number of thiol groups is 2. The van der Waals surface area contributed by atoms with Crippen LogP contribution in [0.5, 0.6) is 0 Å². The summed E-state index contributed by atoms with van der Waals surface area (Å²) in [6.45, 7) is 0. The summed E-state index contributed by atoms with van der Waals surface area (Å²) in [6.07, 6.45) is 0. The second-order valence-corrected chi connectivity index (χ2v) is 4.73. The minimum Gasteiger partial charge on any atom is -0.207 e. The van der Waals surface area contributed by atoms with E-state index in [4.69, 9.17) is 0 Å². The smallest absolute Gasteiger partial charge is 0.123 e. The van der Waals surface area contributed by atoms with Crippen molar-refractivity contribution >= 4 is 41.9 Å². The molecule has 0 unspecified atom stereocenters. The molecule has 1 aliphatic rings. The average Bonchev–Trinajstić information content (AvgIpc) is 2.12. The molecule has 68 valence electrons. The molecule has 0 aromatic heterocycles. The van der Waals surface area contributed by atoms with Crippen molar-refractivity contribution in [3.8, 4) is 0 Å². The maximum absolute atomic E-state index is 12.9. The average molecular weight is 230 g/mol. The molecule has 0 saturated heterocycles. The SMILES string of the molecule is Fc1ccc2c(c1)C(S)=C(S)CS2. The third-order valence-electron chi connectivity index (χ3n) is 1.83. The number of benzene rings is 1. The fourth-order valence-corrected chi connectivity index (χ4v) is 2.86. The molecule has 0 amide bonds. The highest BCUT2D eigenvalue weighted by molar-refractivity contribution is 8.01. The van der Waals surface area contributed by atoms with E-state index in [2.05, 4.69) is 25.3 Å². The van der Waals surface area contributed by atoms with Gasteiger partial charge in [0.25, 0.3) is 0 Å². The van der Waals surface area contributed by atoms with Gasteiger partial charge in [0, 0.05) is 26.0 Å². The zero-order valence-electron chi connectivity index (χ0n) is 6.62. The Morgan fingerprint density at radius 1 is 1.31 bits per heavy atom. The summed E-state index contributed by atoms with van der Waals surface area (Å²) in [5.74, 6) is 0.592. The van der Waals surface area contributed by atoms with Crippen LogP contribution in [-0.2, 0) is 0 Å². The lowest BCUT2D eigenvalue weighted by molar-refractivity contribution is 0.626. The predicted octanol–water partition coefficient (Wildman–Crippen LogP) is 3.46. The minimum absolute atomic E-state index is 0.228. The molecular formula is C9H7FS3. The molecule has 0 aliphatic carbocycles. The number of hydrogen-bond acceptors (Lipinski definition) is 3. The Morgan fingerprint density at radius 3 is 2.85 bits per heavy atom. The molecule has 1 aromatic carbocycles. The molecule has 13 heavy (non-hydrogen) atoms. The van der Waals surface area contributed by atoms with Crippen LogP contribution in [-0.4, -0.2) is 5.75 Å². The van der Waals surface area contributed by atoms with Gasteiger partial charge in [-0.15, -0.1) is 37.0 Å². The van der Waals surface area contributed by atoms with Crippen LogP contribution >= 0.6 is 37.0 Å². The lowest BCUT2D eigenvalue weighted by Crippen LogP contribution is -1.95. The molecule has 1 aliphatic heterocycles. The van der Waals surface area contributed by atoms with Gasteiger partial charge in [-0.3, -0.25) is 0 Å². The Labute approximate surface area is 91.4 Å². The van der Waals surface area contributed by atoms with E-state index in [1.807, 2.05) is 0 Å². The van der Waals surface area contributed by atoms with Crippen LogP contribution in [0.1, 0.15) is 5.56 Å². The van der Waals surface area contributed by atoms with Crippen LogP contribution in [0.3, 0.4) is 0 Å². The highest BCUT2D eigenvalue weighted by atomic mass is 32.2. The van der Waals surface area contributed by atoms with E-state index in [9.17, 15) is 4.39 Å². The topological polar surface area (TPSA) is 0 Å². The van der Waals surface area contributed by atoms with E-state index >= 15 is 0 Å². The van der Waals surface area contributed by atoms with Crippen LogP contribution in [0.25, 0.3) is 4.91 Å². The quantitative estimate of drug-likeness (QED) is 0.644. The van der Waals surface area contributed by atoms with Crippen molar-refractivity contribution in [3.63, 3.8) is 0 Å². The van der Waals surface area contributed by atoms with Gasteiger partial charge in [-0.2, -0.15) is 0 Å². The first-order chi connectivity index (χ1) is 6.18. The van der Waals surface area contributed by atoms with E-state index in [1.54, 1.807) is 17.8 Å². The van der Waals surface area contributed by atoms with Crippen molar-refractivity contribution in [1.29, 1.82) is 0 Å². The summed E-state index contributed by atoms with van der Waals surface area (Å²) in [5.41, 5.74) is 0.851. The molecule has 0 atom stereocenters. The molecule has 0 spiro atoms. The van der Waals surface area contributed by atoms with Crippen LogP contribution in [0, 0.1) is 5.82 Å². The van der Waals surface area contributed by atoms with Gasteiger partial charge >= 0.3 is 0 Å². The summed E-state index contributed by atoms with van der Waals surface area (Å²) in [6, 6.07) is 4.75. The number of rotatable bonds is 0. The zero-order chi connectivity index (χ0) is 9.42. The molecule has 0 saturated carbocycles. The molecule has 1 heterocycles. The van der Waals surface area contributed by atoms with Crippen molar-refractivity contribution in [2.24, 2.45) is 0 Å². The van der Waals surface area contributed by atoms with Crippen LogP contribution in [0.2, 0.25) is 0 Å². The van der Waals surface area contributed by atoms with Crippen molar-refractivity contribution in [2.45, 2.75) is 4.90 Å². The van der Waals surface area contributed by atoms with Crippen molar-refractivity contribution in [1.82, 2.24) is 0 Å². The first kappa shape index (κ1) is 9.49. The first-order valence-corrected chi connectivity index (χ1v) is 5.60. The third-order valence-corrected chi connectivity index (χ3v) is 4.22. The van der Waals surface area contributed by atoms with Crippen LogP contribution < -0.4 is 0 Å². The normalized spacial score (nSPS) is 15.9. The summed E-state index contributed by atoms with van der Waals surface area (Å²) in [4.78, 5) is 2.77. The molecule has 0 fully saturated rings. The van der Waals surface area contributed by atoms with Gasteiger partial charge in [0.1, 0.15) is 5.82 Å². The Bertz CT molecular complexity index is 384. The molecule has 0 bridgehead atoms. The largest absolute Gasteiger partial charge is 0.207 e.